The van der Waals surface area contributed by atoms with Crippen LogP contribution >= 0.6 is 0 Å². The van der Waals surface area contributed by atoms with E-state index in [0.29, 0.717) is 6.04 Å². The van der Waals surface area contributed by atoms with E-state index in [4.69, 9.17) is 0 Å². The second kappa shape index (κ2) is 8.51. The number of nitrogens with zero attached hydrogens (tertiary/aromatic N) is 2. The average Bonchev–Trinajstić information content (AvgIpc) is 3.27. The van der Waals surface area contributed by atoms with E-state index in [1.165, 1.54) is 25.7 Å². The zero-order valence-electron chi connectivity index (χ0n) is 13.0. The summed E-state index contributed by atoms with van der Waals surface area (Å²) in [5.41, 5.74) is 0. The predicted molar refractivity (Wildman–Crippen MR) is 81.9 cm³/mol. The number of rotatable bonds is 7. The van der Waals surface area contributed by atoms with E-state index >= 15 is 0 Å². The van der Waals surface area contributed by atoms with Gasteiger partial charge in [-0.05, 0) is 31.6 Å². The molecule has 21 heavy (non-hydrogen) atoms. The molecule has 122 valence electrons. The van der Waals surface area contributed by atoms with Crippen molar-refractivity contribution in [3.63, 3.8) is 0 Å². The van der Waals surface area contributed by atoms with Crippen molar-refractivity contribution in [3.05, 3.63) is 0 Å². The molecule has 6 heteroatoms. The molecule has 0 bridgehead atoms. The molecule has 2 rings (SSSR count). The van der Waals surface area contributed by atoms with Gasteiger partial charge in [0.1, 0.15) is 0 Å². The lowest BCUT2D eigenvalue weighted by molar-refractivity contribution is 0.0744. The van der Waals surface area contributed by atoms with Crippen LogP contribution in [0.2, 0.25) is 0 Å². The number of nitrogens with one attached hydrogen (secondary N) is 2. The van der Waals surface area contributed by atoms with E-state index in [1.54, 1.807) is 7.05 Å². The van der Waals surface area contributed by atoms with Crippen molar-refractivity contribution in [2.75, 3.05) is 33.2 Å². The summed E-state index contributed by atoms with van der Waals surface area (Å²) in [6.45, 7) is 2.34. The molecule has 0 atom stereocenters. The fourth-order valence-corrected chi connectivity index (χ4v) is 2.85. The van der Waals surface area contributed by atoms with Crippen LogP contribution in [0.5, 0.6) is 0 Å². The highest BCUT2D eigenvalue weighted by molar-refractivity contribution is 5.79. The zero-order valence-corrected chi connectivity index (χ0v) is 13.0. The Bertz CT molecular complexity index is 324. The van der Waals surface area contributed by atoms with Gasteiger partial charge in [0.2, 0.25) is 0 Å². The van der Waals surface area contributed by atoms with Gasteiger partial charge in [0, 0.05) is 32.7 Å². The van der Waals surface area contributed by atoms with E-state index in [1.807, 2.05) is 4.90 Å². The first kappa shape index (κ1) is 16.5. The van der Waals surface area contributed by atoms with Crippen LogP contribution in [0.3, 0.4) is 0 Å². The van der Waals surface area contributed by atoms with Gasteiger partial charge in [-0.3, -0.25) is 9.89 Å². The van der Waals surface area contributed by atoms with Crippen molar-refractivity contribution in [2.45, 2.75) is 51.0 Å². The fraction of sp³-hybridized carbons (Fsp3) is 0.933. The van der Waals surface area contributed by atoms with Crippen molar-refractivity contribution in [2.24, 2.45) is 10.9 Å². The van der Waals surface area contributed by atoms with Crippen LogP contribution in [0.4, 0.5) is 8.78 Å². The molecule has 4 nitrogen and oxygen atoms in total. The zero-order chi connectivity index (χ0) is 15.1. The molecule has 1 aliphatic heterocycles. The Morgan fingerprint density at radius 3 is 2.52 bits per heavy atom. The second-order valence-electron chi connectivity index (χ2n) is 6.19. The molecule has 2 fully saturated rings. The van der Waals surface area contributed by atoms with Crippen molar-refractivity contribution >= 4 is 5.96 Å². The Morgan fingerprint density at radius 2 is 1.95 bits per heavy atom. The van der Waals surface area contributed by atoms with Gasteiger partial charge in [-0.25, -0.2) is 8.78 Å². The molecule has 0 radical (unpaired) electrons. The van der Waals surface area contributed by atoms with Crippen LogP contribution in [0.25, 0.3) is 0 Å². The van der Waals surface area contributed by atoms with Crippen LogP contribution in [0.1, 0.15) is 38.5 Å². The first-order valence-corrected chi connectivity index (χ1v) is 8.15. The van der Waals surface area contributed by atoms with Gasteiger partial charge < -0.3 is 10.6 Å². The number of hydrogen-bond donors (Lipinski definition) is 2. The normalized spacial score (nSPS) is 21.8. The minimum Gasteiger partial charge on any atom is -0.356 e. The third-order valence-corrected chi connectivity index (χ3v) is 4.33. The molecule has 1 aliphatic carbocycles. The molecule has 0 aromatic rings. The maximum absolute atomic E-state index is 12.3. The van der Waals surface area contributed by atoms with Gasteiger partial charge >= 0.3 is 0 Å². The SMILES string of the molecule is CN=C(NCCCC1CC1)NC1CCN(CC(F)F)CC1. The monoisotopic (exact) mass is 302 g/mol. The highest BCUT2D eigenvalue weighted by Gasteiger charge is 2.22. The molecule has 0 aromatic carbocycles. The van der Waals surface area contributed by atoms with E-state index in [-0.39, 0.29) is 6.54 Å². The molecule has 2 N–H and O–H groups in total. The number of halogens is 2. The number of alkyl halides is 2. The second-order valence-corrected chi connectivity index (χ2v) is 6.19. The summed E-state index contributed by atoms with van der Waals surface area (Å²) in [7, 11) is 1.78. The first-order valence-electron chi connectivity index (χ1n) is 8.15. The molecular weight excluding hydrogens is 274 g/mol. The predicted octanol–water partition coefficient (Wildman–Crippen LogP) is 2.07. The molecule has 0 aromatic heterocycles. The van der Waals surface area contributed by atoms with Gasteiger partial charge in [-0.2, -0.15) is 0 Å². The van der Waals surface area contributed by atoms with Crippen molar-refractivity contribution in [1.82, 2.24) is 15.5 Å². The third kappa shape index (κ3) is 6.59. The van der Waals surface area contributed by atoms with Crippen molar-refractivity contribution in [3.8, 4) is 0 Å². The minimum atomic E-state index is -2.23. The van der Waals surface area contributed by atoms with Gasteiger partial charge in [-0.15, -0.1) is 0 Å². The van der Waals surface area contributed by atoms with E-state index in [9.17, 15) is 8.78 Å². The Labute approximate surface area is 126 Å². The molecule has 0 amide bonds. The first-order chi connectivity index (χ1) is 10.2. The van der Waals surface area contributed by atoms with Gasteiger partial charge in [0.15, 0.2) is 5.96 Å². The summed E-state index contributed by atoms with van der Waals surface area (Å²) in [6.07, 6.45) is 4.89. The number of hydrogen-bond acceptors (Lipinski definition) is 2. The molecule has 1 saturated heterocycles. The van der Waals surface area contributed by atoms with Crippen molar-refractivity contribution in [1.29, 1.82) is 0 Å². The molecule has 0 spiro atoms. The summed E-state index contributed by atoms with van der Waals surface area (Å²) in [4.78, 5) is 6.08. The average molecular weight is 302 g/mol. The van der Waals surface area contributed by atoms with Crippen LogP contribution in [-0.4, -0.2) is 56.6 Å². The summed E-state index contributed by atoms with van der Waals surface area (Å²) in [5, 5.41) is 6.76. The summed E-state index contributed by atoms with van der Waals surface area (Å²) >= 11 is 0. The quantitative estimate of drug-likeness (QED) is 0.430. The number of likely N-dealkylation sites (tertiary alicyclic amines) is 1. The number of piperidine rings is 1. The Kier molecular flexibility index (Phi) is 6.67. The molecule has 2 aliphatic rings. The maximum Gasteiger partial charge on any atom is 0.251 e. The largest absolute Gasteiger partial charge is 0.356 e. The fourth-order valence-electron chi connectivity index (χ4n) is 2.85. The topological polar surface area (TPSA) is 39.7 Å². The van der Waals surface area contributed by atoms with Crippen molar-refractivity contribution < 1.29 is 8.78 Å². The number of guanidine groups is 1. The smallest absolute Gasteiger partial charge is 0.251 e. The Balaban J connectivity index is 1.58. The van der Waals surface area contributed by atoms with Gasteiger partial charge in [0.25, 0.3) is 6.43 Å². The maximum atomic E-state index is 12.3. The highest BCUT2D eigenvalue weighted by Crippen LogP contribution is 2.33. The summed E-state index contributed by atoms with van der Waals surface area (Å²) in [6, 6.07) is 0.341. The minimum absolute atomic E-state index is 0.0964. The molecule has 0 unspecified atom stereocenters. The summed E-state index contributed by atoms with van der Waals surface area (Å²) < 4.78 is 24.7. The van der Waals surface area contributed by atoms with E-state index in [2.05, 4.69) is 15.6 Å². The Hall–Kier alpha value is -0.910. The van der Waals surface area contributed by atoms with Crippen LogP contribution in [-0.2, 0) is 0 Å². The van der Waals surface area contributed by atoms with E-state index in [0.717, 1.165) is 44.4 Å². The van der Waals surface area contributed by atoms with E-state index < -0.39 is 6.43 Å². The van der Waals surface area contributed by atoms with Crippen LogP contribution in [0.15, 0.2) is 4.99 Å². The lowest BCUT2D eigenvalue weighted by Gasteiger charge is -2.32. The van der Waals surface area contributed by atoms with Gasteiger partial charge in [0.05, 0.1) is 6.54 Å². The molecule has 1 heterocycles. The van der Waals surface area contributed by atoms with Gasteiger partial charge in [-0.1, -0.05) is 12.8 Å². The molecular formula is C15H28F2N4. The highest BCUT2D eigenvalue weighted by atomic mass is 19.3. The lowest BCUT2D eigenvalue weighted by Crippen LogP contribution is -2.49. The lowest BCUT2D eigenvalue weighted by atomic mass is 10.1. The standard InChI is InChI=1S/C15H28F2N4/c1-18-15(19-8-2-3-12-4-5-12)20-13-6-9-21(10-7-13)11-14(16)17/h12-14H,2-11H2,1H3,(H2,18,19,20). The summed E-state index contributed by atoms with van der Waals surface area (Å²) in [5.74, 6) is 1.82. The molecule has 1 saturated carbocycles. The third-order valence-electron chi connectivity index (χ3n) is 4.33. The Morgan fingerprint density at radius 1 is 1.24 bits per heavy atom. The van der Waals surface area contributed by atoms with Crippen LogP contribution < -0.4 is 10.6 Å². The number of aliphatic imine (C=N–C) groups is 1. The van der Waals surface area contributed by atoms with Crippen LogP contribution in [0, 0.1) is 5.92 Å².